The lowest BCUT2D eigenvalue weighted by atomic mass is 9.75. The molecule has 2 saturated carbocycles. The topological polar surface area (TPSA) is 40.5 Å². The normalized spacial score (nSPS) is 35.9. The highest BCUT2D eigenvalue weighted by atomic mass is 16.3. The van der Waals surface area contributed by atoms with Gasteiger partial charge in [0.2, 0.25) is 0 Å². The van der Waals surface area contributed by atoms with Crippen LogP contribution in [0.25, 0.3) is 0 Å². The molecule has 0 aromatic rings. The molecule has 3 unspecified atom stereocenters. The summed E-state index contributed by atoms with van der Waals surface area (Å²) in [7, 11) is 0. The van der Waals surface area contributed by atoms with Crippen molar-refractivity contribution in [3.05, 3.63) is 11.1 Å². The van der Waals surface area contributed by atoms with Crippen LogP contribution in [0.3, 0.4) is 0 Å². The van der Waals surface area contributed by atoms with Gasteiger partial charge in [0.15, 0.2) is 0 Å². The van der Waals surface area contributed by atoms with Gasteiger partial charge in [-0.1, -0.05) is 39.7 Å². The Bertz CT molecular complexity index is 355. The molecule has 2 fully saturated rings. The fourth-order valence-corrected chi connectivity index (χ4v) is 3.94. The predicted molar refractivity (Wildman–Crippen MR) is 94.7 cm³/mol. The van der Waals surface area contributed by atoms with Crippen molar-refractivity contribution in [2.75, 3.05) is 0 Å². The van der Waals surface area contributed by atoms with E-state index in [4.69, 9.17) is 0 Å². The summed E-state index contributed by atoms with van der Waals surface area (Å²) in [5, 5.41) is 19.4. The molecule has 5 atom stereocenters. The molecule has 0 spiro atoms. The minimum Gasteiger partial charge on any atom is -0.393 e. The molecule has 0 heterocycles. The van der Waals surface area contributed by atoms with Crippen LogP contribution in [0.2, 0.25) is 0 Å². The Morgan fingerprint density at radius 2 is 1.55 bits per heavy atom. The van der Waals surface area contributed by atoms with Gasteiger partial charge >= 0.3 is 0 Å². The highest BCUT2D eigenvalue weighted by Crippen LogP contribution is 2.33. The third kappa shape index (κ3) is 6.04. The maximum Gasteiger partial charge on any atom is 0.0755 e. The Morgan fingerprint density at radius 1 is 0.955 bits per heavy atom. The molecule has 2 rings (SSSR count). The van der Waals surface area contributed by atoms with E-state index in [1.807, 2.05) is 0 Å². The van der Waals surface area contributed by atoms with E-state index in [-0.39, 0.29) is 12.2 Å². The van der Waals surface area contributed by atoms with Crippen LogP contribution >= 0.6 is 0 Å². The van der Waals surface area contributed by atoms with E-state index < -0.39 is 0 Å². The zero-order valence-corrected chi connectivity index (χ0v) is 15.6. The third-order valence-electron chi connectivity index (χ3n) is 5.56. The van der Waals surface area contributed by atoms with E-state index in [9.17, 15) is 10.2 Å². The Morgan fingerprint density at radius 3 is 2.00 bits per heavy atom. The van der Waals surface area contributed by atoms with Crippen LogP contribution in [0.15, 0.2) is 11.1 Å². The first-order valence-corrected chi connectivity index (χ1v) is 9.24. The number of rotatable bonds is 1. The fourth-order valence-electron chi connectivity index (χ4n) is 3.94. The molecule has 2 aliphatic carbocycles. The van der Waals surface area contributed by atoms with Crippen LogP contribution in [-0.4, -0.2) is 22.4 Å². The number of hydrogen-bond acceptors (Lipinski definition) is 2. The average molecular weight is 311 g/mol. The van der Waals surface area contributed by atoms with Gasteiger partial charge in [0.25, 0.3) is 0 Å². The third-order valence-corrected chi connectivity index (χ3v) is 5.56. The van der Waals surface area contributed by atoms with Gasteiger partial charge in [-0.2, -0.15) is 0 Å². The lowest BCUT2D eigenvalue weighted by Crippen LogP contribution is -2.31. The Balaban J connectivity index is 0.000000220. The lowest BCUT2D eigenvalue weighted by molar-refractivity contribution is 0.0266. The molecule has 0 radical (unpaired) electrons. The minimum atomic E-state index is -0.149. The maximum atomic E-state index is 9.71. The molecule has 2 nitrogen and oxygen atoms in total. The molecule has 0 amide bonds. The quantitative estimate of drug-likeness (QED) is 0.673. The molecule has 22 heavy (non-hydrogen) atoms. The molecule has 0 bridgehead atoms. The Labute approximate surface area is 138 Å². The second-order valence-corrected chi connectivity index (χ2v) is 8.31. The van der Waals surface area contributed by atoms with E-state index >= 15 is 0 Å². The lowest BCUT2D eigenvalue weighted by Gasteiger charge is -2.33. The Kier molecular flexibility index (Phi) is 8.13. The van der Waals surface area contributed by atoms with Gasteiger partial charge in [0.05, 0.1) is 12.2 Å². The molecule has 0 aliphatic heterocycles. The van der Waals surface area contributed by atoms with Crippen molar-refractivity contribution in [1.29, 1.82) is 0 Å². The molecular weight excluding hydrogens is 272 g/mol. The average Bonchev–Trinajstić information content (AvgIpc) is 2.38. The second-order valence-electron chi connectivity index (χ2n) is 8.31. The molecule has 2 heteroatoms. The van der Waals surface area contributed by atoms with E-state index in [2.05, 4.69) is 41.5 Å². The van der Waals surface area contributed by atoms with E-state index in [0.29, 0.717) is 17.8 Å². The Hall–Kier alpha value is -0.340. The zero-order valence-electron chi connectivity index (χ0n) is 15.6. The summed E-state index contributed by atoms with van der Waals surface area (Å²) in [6.07, 6.45) is 6.67. The predicted octanol–water partition coefficient (Wildman–Crippen LogP) is 4.94. The van der Waals surface area contributed by atoms with Crippen LogP contribution in [-0.2, 0) is 0 Å². The van der Waals surface area contributed by atoms with E-state index in [1.165, 1.54) is 30.4 Å². The minimum absolute atomic E-state index is 0.0289. The van der Waals surface area contributed by atoms with E-state index in [1.54, 1.807) is 0 Å². The van der Waals surface area contributed by atoms with Crippen LogP contribution < -0.4 is 0 Å². The molecule has 0 aromatic carbocycles. The van der Waals surface area contributed by atoms with Crippen molar-refractivity contribution in [2.24, 2.45) is 23.7 Å². The molecule has 0 aromatic heterocycles. The van der Waals surface area contributed by atoms with Crippen molar-refractivity contribution in [1.82, 2.24) is 0 Å². The van der Waals surface area contributed by atoms with Gasteiger partial charge in [0, 0.05) is 0 Å². The first kappa shape index (κ1) is 19.7. The van der Waals surface area contributed by atoms with Gasteiger partial charge in [-0.25, -0.2) is 0 Å². The smallest absolute Gasteiger partial charge is 0.0755 e. The number of aliphatic hydroxyl groups is 2. The molecule has 2 aliphatic rings. The largest absolute Gasteiger partial charge is 0.393 e. The number of allylic oxidation sites excluding steroid dienone is 1. The van der Waals surface area contributed by atoms with Crippen molar-refractivity contribution in [3.63, 3.8) is 0 Å². The van der Waals surface area contributed by atoms with Crippen molar-refractivity contribution >= 4 is 0 Å². The highest BCUT2D eigenvalue weighted by Gasteiger charge is 2.28. The number of hydrogen-bond donors (Lipinski definition) is 2. The van der Waals surface area contributed by atoms with Crippen LogP contribution in [0, 0.1) is 23.7 Å². The van der Waals surface area contributed by atoms with Crippen LogP contribution in [0.1, 0.15) is 80.1 Å². The summed E-state index contributed by atoms with van der Waals surface area (Å²) in [5.41, 5.74) is 2.59. The SMILES string of the molecule is CC(C)=C1CC[C@@H](C)C[C@H]1O.CC1CCC(C(C)C)C(O)C1. The van der Waals surface area contributed by atoms with Crippen molar-refractivity contribution in [3.8, 4) is 0 Å². The summed E-state index contributed by atoms with van der Waals surface area (Å²) in [5.74, 6) is 2.65. The monoisotopic (exact) mass is 310 g/mol. The zero-order chi connectivity index (χ0) is 16.9. The summed E-state index contributed by atoms with van der Waals surface area (Å²) in [4.78, 5) is 0. The highest BCUT2D eigenvalue weighted by molar-refractivity contribution is 5.16. The summed E-state index contributed by atoms with van der Waals surface area (Å²) < 4.78 is 0. The van der Waals surface area contributed by atoms with Gasteiger partial charge in [-0.15, -0.1) is 0 Å². The van der Waals surface area contributed by atoms with Crippen molar-refractivity contribution in [2.45, 2.75) is 92.3 Å². The summed E-state index contributed by atoms with van der Waals surface area (Å²) in [6.45, 7) is 13.1. The van der Waals surface area contributed by atoms with Crippen LogP contribution in [0.4, 0.5) is 0 Å². The molecule has 2 N–H and O–H groups in total. The molecule has 130 valence electrons. The standard InChI is InChI=1S/C10H20O.C10H18O/c2*1-7(2)9-5-4-8(3)6-10(9)11/h7-11H,4-6H2,1-3H3;8,10-11H,4-6H2,1-3H3/t;8-,10-/m.1/s1. The molecular formula is C20H38O2. The maximum absolute atomic E-state index is 9.71. The number of aliphatic hydroxyl groups excluding tert-OH is 2. The fraction of sp³-hybridized carbons (Fsp3) is 0.900. The molecule has 0 saturated heterocycles. The van der Waals surface area contributed by atoms with Gasteiger partial charge in [-0.3, -0.25) is 0 Å². The van der Waals surface area contributed by atoms with Crippen LogP contribution in [0.5, 0.6) is 0 Å². The summed E-state index contributed by atoms with van der Waals surface area (Å²) >= 11 is 0. The summed E-state index contributed by atoms with van der Waals surface area (Å²) in [6, 6.07) is 0. The first-order valence-electron chi connectivity index (χ1n) is 9.24. The van der Waals surface area contributed by atoms with E-state index in [0.717, 1.165) is 25.2 Å². The van der Waals surface area contributed by atoms with Gasteiger partial charge in [0.1, 0.15) is 0 Å². The van der Waals surface area contributed by atoms with Crippen molar-refractivity contribution < 1.29 is 10.2 Å². The first-order chi connectivity index (χ1) is 10.2. The second kappa shape index (κ2) is 9.08. The van der Waals surface area contributed by atoms with Gasteiger partial charge in [-0.05, 0) is 75.2 Å². The van der Waals surface area contributed by atoms with Gasteiger partial charge < -0.3 is 10.2 Å².